The Hall–Kier alpha value is 0.0700. The minimum absolute atomic E-state index is 0. The molecule has 1 rings (SSSR count). The van der Waals surface area contributed by atoms with Crippen LogP contribution in [0.3, 0.4) is 0 Å². The highest BCUT2D eigenvalue weighted by Gasteiger charge is 2.21. The van der Waals surface area contributed by atoms with Crippen LogP contribution in [0.5, 0.6) is 0 Å². The molecular formula is C14H29ClN2OS. The Balaban J connectivity index is 0.00000324. The van der Waals surface area contributed by atoms with Gasteiger partial charge in [0.2, 0.25) is 5.91 Å². The van der Waals surface area contributed by atoms with Crippen molar-refractivity contribution in [3.05, 3.63) is 0 Å². The summed E-state index contributed by atoms with van der Waals surface area (Å²) >= 11 is 1.92. The van der Waals surface area contributed by atoms with Crippen molar-refractivity contribution in [2.45, 2.75) is 39.0 Å². The first-order valence-electron chi connectivity index (χ1n) is 7.28. The number of unbranched alkanes of at least 4 members (excludes halogenated alkanes) is 1. The number of nitrogens with zero attached hydrogens (tertiary/aromatic N) is 1. The van der Waals surface area contributed by atoms with E-state index < -0.39 is 0 Å². The molecule has 1 fully saturated rings. The zero-order chi connectivity index (χ0) is 13.2. The molecule has 19 heavy (non-hydrogen) atoms. The number of hydrogen-bond acceptors (Lipinski definition) is 3. The van der Waals surface area contributed by atoms with Crippen LogP contribution in [0.1, 0.15) is 39.0 Å². The normalized spacial score (nSPS) is 16.2. The fraction of sp³-hybridized carbons (Fsp3) is 0.929. The van der Waals surface area contributed by atoms with Gasteiger partial charge in [-0.15, -0.1) is 12.4 Å². The van der Waals surface area contributed by atoms with Crippen molar-refractivity contribution < 1.29 is 4.79 Å². The molecule has 0 bridgehead atoms. The van der Waals surface area contributed by atoms with E-state index in [1.54, 1.807) is 0 Å². The minimum atomic E-state index is 0. The number of carbonyl (C=O) groups is 1. The van der Waals surface area contributed by atoms with Crippen LogP contribution in [0.4, 0.5) is 0 Å². The van der Waals surface area contributed by atoms with Crippen LogP contribution in [-0.4, -0.2) is 49.0 Å². The number of rotatable bonds is 8. The third kappa shape index (κ3) is 8.05. The molecule has 1 aliphatic rings. The second kappa shape index (κ2) is 11.9. The molecule has 1 amide bonds. The average Bonchev–Trinajstić information content (AvgIpc) is 2.39. The molecule has 0 radical (unpaired) electrons. The first-order valence-corrected chi connectivity index (χ1v) is 8.43. The number of amides is 1. The topological polar surface area (TPSA) is 32.3 Å². The quantitative estimate of drug-likeness (QED) is 0.700. The maximum absolute atomic E-state index is 12.0. The van der Waals surface area contributed by atoms with E-state index in [0.717, 1.165) is 50.6 Å². The lowest BCUT2D eigenvalue weighted by Crippen LogP contribution is -2.40. The number of nitrogens with one attached hydrogen (secondary N) is 1. The Labute approximate surface area is 128 Å². The molecule has 0 aromatic carbocycles. The fourth-order valence-corrected chi connectivity index (χ4v) is 3.36. The Morgan fingerprint density at radius 1 is 1.32 bits per heavy atom. The van der Waals surface area contributed by atoms with Gasteiger partial charge in [-0.05, 0) is 44.5 Å². The molecule has 0 aromatic heterocycles. The van der Waals surface area contributed by atoms with Crippen molar-refractivity contribution >= 4 is 30.1 Å². The molecule has 3 nitrogen and oxygen atoms in total. The van der Waals surface area contributed by atoms with Gasteiger partial charge in [-0.1, -0.05) is 13.3 Å². The van der Waals surface area contributed by atoms with E-state index >= 15 is 0 Å². The molecule has 114 valence electrons. The van der Waals surface area contributed by atoms with Crippen molar-refractivity contribution in [1.29, 1.82) is 0 Å². The van der Waals surface area contributed by atoms with Crippen LogP contribution in [-0.2, 0) is 4.79 Å². The van der Waals surface area contributed by atoms with Crippen molar-refractivity contribution in [3.63, 3.8) is 0 Å². The van der Waals surface area contributed by atoms with Gasteiger partial charge in [0, 0.05) is 25.3 Å². The van der Waals surface area contributed by atoms with Crippen molar-refractivity contribution in [2.75, 3.05) is 38.2 Å². The molecule has 0 spiro atoms. The van der Waals surface area contributed by atoms with E-state index in [0.29, 0.717) is 5.91 Å². The van der Waals surface area contributed by atoms with Crippen molar-refractivity contribution in [3.8, 4) is 0 Å². The van der Waals surface area contributed by atoms with E-state index in [-0.39, 0.29) is 12.4 Å². The number of piperidine rings is 1. The summed E-state index contributed by atoms with van der Waals surface area (Å²) in [5, 5.41) is 3.23. The monoisotopic (exact) mass is 308 g/mol. The molecule has 0 saturated carbocycles. The maximum atomic E-state index is 12.0. The molecule has 0 aromatic rings. The maximum Gasteiger partial charge on any atom is 0.223 e. The Kier molecular flexibility index (Phi) is 11.9. The fourth-order valence-electron chi connectivity index (χ4n) is 2.34. The summed E-state index contributed by atoms with van der Waals surface area (Å²) in [6, 6.07) is 0. The Morgan fingerprint density at radius 3 is 2.58 bits per heavy atom. The zero-order valence-electron chi connectivity index (χ0n) is 12.3. The van der Waals surface area contributed by atoms with Gasteiger partial charge in [-0.3, -0.25) is 4.79 Å². The predicted molar refractivity (Wildman–Crippen MR) is 87.3 cm³/mol. The molecule has 0 unspecified atom stereocenters. The van der Waals surface area contributed by atoms with Crippen LogP contribution in [0, 0.1) is 5.92 Å². The van der Waals surface area contributed by atoms with Gasteiger partial charge >= 0.3 is 0 Å². The molecule has 0 atom stereocenters. The second-order valence-corrected chi connectivity index (χ2v) is 6.32. The predicted octanol–water partition coefficient (Wildman–Crippen LogP) is 2.79. The number of carbonyl (C=O) groups excluding carboxylic acids is 1. The average molecular weight is 309 g/mol. The summed E-state index contributed by atoms with van der Waals surface area (Å²) in [5.74, 6) is 3.32. The third-order valence-corrected chi connectivity index (χ3v) is 4.63. The smallest absolute Gasteiger partial charge is 0.223 e. The summed E-state index contributed by atoms with van der Waals surface area (Å²) in [4.78, 5) is 14.1. The van der Waals surface area contributed by atoms with E-state index in [4.69, 9.17) is 0 Å². The van der Waals surface area contributed by atoms with E-state index in [2.05, 4.69) is 17.1 Å². The third-order valence-electron chi connectivity index (χ3n) is 3.56. The largest absolute Gasteiger partial charge is 0.343 e. The van der Waals surface area contributed by atoms with Crippen LogP contribution < -0.4 is 5.32 Å². The van der Waals surface area contributed by atoms with Gasteiger partial charge in [0.25, 0.3) is 0 Å². The van der Waals surface area contributed by atoms with Crippen molar-refractivity contribution in [1.82, 2.24) is 10.2 Å². The van der Waals surface area contributed by atoms with Gasteiger partial charge in [-0.2, -0.15) is 11.8 Å². The summed E-state index contributed by atoms with van der Waals surface area (Å²) in [6.07, 6.45) is 5.57. The highest BCUT2D eigenvalue weighted by atomic mass is 35.5. The number of thioether (sulfide) groups is 1. The van der Waals surface area contributed by atoms with Crippen LogP contribution >= 0.6 is 24.2 Å². The molecule has 1 N–H and O–H groups in total. The van der Waals surface area contributed by atoms with Crippen LogP contribution in [0.15, 0.2) is 0 Å². The molecule has 5 heteroatoms. The molecule has 1 heterocycles. The summed E-state index contributed by atoms with van der Waals surface area (Å²) in [7, 11) is 2.01. The first kappa shape index (κ1) is 19.1. The summed E-state index contributed by atoms with van der Waals surface area (Å²) in [6.45, 7) is 5.23. The lowest BCUT2D eigenvalue weighted by Gasteiger charge is -2.32. The van der Waals surface area contributed by atoms with E-state index in [9.17, 15) is 4.79 Å². The number of halogens is 1. The van der Waals surface area contributed by atoms with Crippen LogP contribution in [0.2, 0.25) is 0 Å². The van der Waals surface area contributed by atoms with Gasteiger partial charge in [0.15, 0.2) is 0 Å². The van der Waals surface area contributed by atoms with Gasteiger partial charge in [0.05, 0.1) is 0 Å². The number of likely N-dealkylation sites (tertiary alicyclic amines) is 1. The van der Waals surface area contributed by atoms with Gasteiger partial charge in [0.1, 0.15) is 0 Å². The highest BCUT2D eigenvalue weighted by Crippen LogP contribution is 2.17. The zero-order valence-corrected chi connectivity index (χ0v) is 14.0. The first-order chi connectivity index (χ1) is 8.77. The standard InChI is InChI=1S/C14H28N2OS.ClH/c1-3-4-10-18-11-7-14(17)16-8-5-13(6-9-16)12-15-2;/h13,15H,3-12H2,1-2H3;1H. The summed E-state index contributed by atoms with van der Waals surface area (Å²) < 4.78 is 0. The highest BCUT2D eigenvalue weighted by molar-refractivity contribution is 7.99. The number of hydrogen-bond donors (Lipinski definition) is 1. The van der Waals surface area contributed by atoms with Gasteiger partial charge < -0.3 is 10.2 Å². The molecule has 0 aliphatic carbocycles. The van der Waals surface area contributed by atoms with E-state index in [1.807, 2.05) is 18.8 Å². The minimum Gasteiger partial charge on any atom is -0.343 e. The Bertz CT molecular complexity index is 233. The molecule has 1 saturated heterocycles. The van der Waals surface area contributed by atoms with Gasteiger partial charge in [-0.25, -0.2) is 0 Å². The second-order valence-electron chi connectivity index (χ2n) is 5.10. The lowest BCUT2D eigenvalue weighted by molar-refractivity contribution is -0.132. The van der Waals surface area contributed by atoms with Crippen molar-refractivity contribution in [2.24, 2.45) is 5.92 Å². The Morgan fingerprint density at radius 2 is 2.00 bits per heavy atom. The lowest BCUT2D eigenvalue weighted by atomic mass is 9.97. The van der Waals surface area contributed by atoms with E-state index in [1.165, 1.54) is 18.6 Å². The van der Waals surface area contributed by atoms with Crippen LogP contribution in [0.25, 0.3) is 0 Å². The summed E-state index contributed by atoms with van der Waals surface area (Å²) in [5.41, 5.74) is 0. The SMILES string of the molecule is CCCCSCCC(=O)N1CCC(CNC)CC1.Cl. The molecular weight excluding hydrogens is 280 g/mol. The molecule has 1 aliphatic heterocycles.